The number of hydrogen-bond acceptors (Lipinski definition) is 3. The first-order valence-corrected chi connectivity index (χ1v) is 6.13. The van der Waals surface area contributed by atoms with Gasteiger partial charge in [-0.05, 0) is 27.2 Å². The Bertz CT molecular complexity index is 188. The Morgan fingerprint density at radius 3 is 2.40 bits per heavy atom. The Morgan fingerprint density at radius 1 is 1.47 bits per heavy atom. The second-order valence-electron chi connectivity index (χ2n) is 4.14. The topological polar surface area (TPSA) is 41.1 Å². The van der Waals surface area contributed by atoms with Crippen molar-refractivity contribution in [3.8, 4) is 0 Å². The third-order valence-corrected chi connectivity index (χ3v) is 3.45. The van der Waals surface area contributed by atoms with Crippen LogP contribution in [0.2, 0.25) is 0 Å². The van der Waals surface area contributed by atoms with E-state index in [1.165, 1.54) is 0 Å². The SMILES string of the molecule is CNCC(C)C(=O)NCC(C)(C)SC.Cl. The molecule has 0 aliphatic rings. The van der Waals surface area contributed by atoms with Gasteiger partial charge in [0.25, 0.3) is 0 Å². The van der Waals surface area contributed by atoms with Gasteiger partial charge in [-0.15, -0.1) is 12.4 Å². The molecule has 0 aliphatic carbocycles. The van der Waals surface area contributed by atoms with Crippen LogP contribution in [0.25, 0.3) is 0 Å². The van der Waals surface area contributed by atoms with E-state index < -0.39 is 0 Å². The number of rotatable bonds is 6. The van der Waals surface area contributed by atoms with Gasteiger partial charge in [0.2, 0.25) is 5.91 Å². The van der Waals surface area contributed by atoms with Crippen LogP contribution >= 0.6 is 24.2 Å². The monoisotopic (exact) mass is 254 g/mol. The Morgan fingerprint density at radius 2 is 2.00 bits per heavy atom. The van der Waals surface area contributed by atoms with Gasteiger partial charge in [-0.3, -0.25) is 4.79 Å². The summed E-state index contributed by atoms with van der Waals surface area (Å²) in [5.74, 6) is 0.166. The van der Waals surface area contributed by atoms with Crippen LogP contribution in [-0.4, -0.2) is 37.0 Å². The van der Waals surface area contributed by atoms with Crippen molar-refractivity contribution in [2.24, 2.45) is 5.92 Å². The lowest BCUT2D eigenvalue weighted by atomic mass is 10.1. The molecule has 0 radical (unpaired) electrons. The van der Waals surface area contributed by atoms with Gasteiger partial charge in [0, 0.05) is 23.8 Å². The maximum Gasteiger partial charge on any atom is 0.224 e. The summed E-state index contributed by atoms with van der Waals surface area (Å²) < 4.78 is 0.120. The maximum atomic E-state index is 11.5. The first-order chi connectivity index (χ1) is 6.43. The van der Waals surface area contributed by atoms with Crippen molar-refractivity contribution in [2.75, 3.05) is 26.4 Å². The molecule has 15 heavy (non-hydrogen) atoms. The third-order valence-electron chi connectivity index (χ3n) is 2.20. The minimum absolute atomic E-state index is 0. The van der Waals surface area contributed by atoms with Gasteiger partial charge in [0.05, 0.1) is 0 Å². The molecule has 0 aromatic carbocycles. The van der Waals surface area contributed by atoms with Crippen molar-refractivity contribution in [1.29, 1.82) is 0 Å². The van der Waals surface area contributed by atoms with Crippen molar-refractivity contribution >= 4 is 30.1 Å². The summed E-state index contributed by atoms with van der Waals surface area (Å²) in [6.45, 7) is 7.63. The largest absolute Gasteiger partial charge is 0.354 e. The standard InChI is InChI=1S/C10H22N2OS.ClH/c1-8(6-11-4)9(13)12-7-10(2,3)14-5;/h8,11H,6-7H2,1-5H3,(H,12,13);1H. The molecular formula is C10H23ClN2OS. The van der Waals surface area contributed by atoms with Gasteiger partial charge >= 0.3 is 0 Å². The zero-order chi connectivity index (χ0) is 11.2. The normalized spacial score (nSPS) is 12.9. The summed E-state index contributed by atoms with van der Waals surface area (Å²) in [5, 5.41) is 5.95. The molecule has 0 rings (SSSR count). The lowest BCUT2D eigenvalue weighted by Gasteiger charge is -2.23. The van der Waals surface area contributed by atoms with Gasteiger partial charge in [-0.1, -0.05) is 6.92 Å². The number of nitrogens with one attached hydrogen (secondary N) is 2. The number of hydrogen-bond donors (Lipinski definition) is 2. The Hall–Kier alpha value is 0.0700. The van der Waals surface area contributed by atoms with Gasteiger partial charge < -0.3 is 10.6 Å². The van der Waals surface area contributed by atoms with Crippen LogP contribution in [0.4, 0.5) is 0 Å². The second-order valence-corrected chi connectivity index (χ2v) is 5.65. The Labute approximate surface area is 104 Å². The van der Waals surface area contributed by atoms with Crippen LogP contribution in [0, 0.1) is 5.92 Å². The van der Waals surface area contributed by atoms with Crippen molar-refractivity contribution in [3.63, 3.8) is 0 Å². The molecule has 0 aromatic rings. The van der Waals surface area contributed by atoms with Crippen molar-refractivity contribution in [1.82, 2.24) is 10.6 Å². The van der Waals surface area contributed by atoms with Crippen molar-refractivity contribution in [3.05, 3.63) is 0 Å². The van der Waals surface area contributed by atoms with Crippen molar-refractivity contribution in [2.45, 2.75) is 25.5 Å². The first kappa shape index (κ1) is 17.5. The van der Waals surface area contributed by atoms with E-state index in [1.54, 1.807) is 11.8 Å². The Kier molecular flexibility index (Phi) is 9.60. The Balaban J connectivity index is 0. The van der Waals surface area contributed by atoms with E-state index in [1.807, 2.05) is 14.0 Å². The fourth-order valence-corrected chi connectivity index (χ4v) is 1.16. The maximum absolute atomic E-state index is 11.5. The van der Waals surface area contributed by atoms with Crippen LogP contribution < -0.4 is 10.6 Å². The summed E-state index contributed by atoms with van der Waals surface area (Å²) in [6.07, 6.45) is 2.06. The summed E-state index contributed by atoms with van der Waals surface area (Å²) >= 11 is 1.76. The summed E-state index contributed by atoms with van der Waals surface area (Å²) in [6, 6.07) is 0. The lowest BCUT2D eigenvalue weighted by Crippen LogP contribution is -2.40. The molecule has 0 aliphatic heterocycles. The summed E-state index contributed by atoms with van der Waals surface area (Å²) in [5.41, 5.74) is 0. The first-order valence-electron chi connectivity index (χ1n) is 4.90. The third kappa shape index (κ3) is 7.94. The van der Waals surface area contributed by atoms with E-state index in [0.717, 1.165) is 13.1 Å². The fraction of sp³-hybridized carbons (Fsp3) is 0.900. The van der Waals surface area contributed by atoms with Crippen LogP contribution in [0.5, 0.6) is 0 Å². The average Bonchev–Trinajstić information content (AvgIpc) is 2.15. The predicted molar refractivity (Wildman–Crippen MR) is 70.9 cm³/mol. The zero-order valence-electron chi connectivity index (χ0n) is 10.2. The second kappa shape index (κ2) is 8.25. The molecule has 1 amide bonds. The van der Waals surface area contributed by atoms with Crippen LogP contribution in [0.1, 0.15) is 20.8 Å². The van der Waals surface area contributed by atoms with E-state index in [-0.39, 0.29) is 29.0 Å². The predicted octanol–water partition coefficient (Wildman–Crippen LogP) is 1.52. The molecule has 5 heteroatoms. The fourth-order valence-electron chi connectivity index (χ4n) is 0.945. The molecule has 0 bridgehead atoms. The minimum Gasteiger partial charge on any atom is -0.354 e. The molecule has 1 atom stereocenters. The summed E-state index contributed by atoms with van der Waals surface area (Å²) in [4.78, 5) is 11.5. The number of amides is 1. The quantitative estimate of drug-likeness (QED) is 0.755. The highest BCUT2D eigenvalue weighted by Crippen LogP contribution is 2.19. The number of halogens is 1. The van der Waals surface area contributed by atoms with Gasteiger partial charge in [0.15, 0.2) is 0 Å². The van der Waals surface area contributed by atoms with E-state index in [4.69, 9.17) is 0 Å². The molecule has 3 nitrogen and oxygen atoms in total. The van der Waals surface area contributed by atoms with Crippen LogP contribution in [-0.2, 0) is 4.79 Å². The highest BCUT2D eigenvalue weighted by atomic mass is 35.5. The lowest BCUT2D eigenvalue weighted by molar-refractivity contribution is -0.124. The van der Waals surface area contributed by atoms with Gasteiger partial charge in [-0.2, -0.15) is 11.8 Å². The zero-order valence-corrected chi connectivity index (χ0v) is 11.8. The molecule has 0 aromatic heterocycles. The number of thioether (sulfide) groups is 1. The molecule has 1 unspecified atom stereocenters. The molecule has 0 saturated carbocycles. The van der Waals surface area contributed by atoms with E-state index in [9.17, 15) is 4.79 Å². The molecule has 92 valence electrons. The molecule has 0 saturated heterocycles. The highest BCUT2D eigenvalue weighted by molar-refractivity contribution is 7.99. The number of carbonyl (C=O) groups excluding carboxylic acids is 1. The van der Waals surface area contributed by atoms with Gasteiger partial charge in [-0.25, -0.2) is 0 Å². The molecular weight excluding hydrogens is 232 g/mol. The number of carbonyl (C=O) groups is 1. The van der Waals surface area contributed by atoms with E-state index >= 15 is 0 Å². The van der Waals surface area contributed by atoms with E-state index in [0.29, 0.717) is 0 Å². The smallest absolute Gasteiger partial charge is 0.224 e. The summed E-state index contributed by atoms with van der Waals surface area (Å²) in [7, 11) is 1.86. The molecule has 0 heterocycles. The minimum atomic E-state index is 0. The molecule has 2 N–H and O–H groups in total. The van der Waals surface area contributed by atoms with Crippen LogP contribution in [0.3, 0.4) is 0 Å². The highest BCUT2D eigenvalue weighted by Gasteiger charge is 2.18. The molecule has 0 fully saturated rings. The van der Waals surface area contributed by atoms with Gasteiger partial charge in [0.1, 0.15) is 0 Å². The van der Waals surface area contributed by atoms with Crippen molar-refractivity contribution < 1.29 is 4.79 Å². The average molecular weight is 255 g/mol. The van der Waals surface area contributed by atoms with E-state index in [2.05, 4.69) is 30.7 Å². The molecule has 0 spiro atoms. The van der Waals surface area contributed by atoms with Crippen LogP contribution in [0.15, 0.2) is 0 Å².